The highest BCUT2D eigenvalue weighted by atomic mass is 35.5. The van der Waals surface area contributed by atoms with E-state index in [0.717, 1.165) is 6.07 Å². The number of carbonyl (C=O) groups is 1. The Labute approximate surface area is 159 Å². The number of halogens is 2. The number of hydrogen-bond acceptors (Lipinski definition) is 5. The molecule has 1 amide bonds. The number of nitrogens with zero attached hydrogens (tertiary/aromatic N) is 1. The zero-order valence-electron chi connectivity index (χ0n) is 13.8. The quantitative estimate of drug-likeness (QED) is 0.736. The van der Waals surface area contributed by atoms with Gasteiger partial charge < -0.3 is 9.84 Å². The van der Waals surface area contributed by atoms with Crippen LogP contribution in [-0.4, -0.2) is 33.1 Å². The van der Waals surface area contributed by atoms with Gasteiger partial charge in [-0.2, -0.15) is 8.42 Å². The lowest BCUT2D eigenvalue weighted by Gasteiger charge is -2.17. The minimum Gasteiger partial charge on any atom is -0.506 e. The molecule has 0 bridgehead atoms. The third-order valence-electron chi connectivity index (χ3n) is 3.66. The van der Waals surface area contributed by atoms with Crippen molar-refractivity contribution in [3.63, 3.8) is 0 Å². The van der Waals surface area contributed by atoms with E-state index in [0.29, 0.717) is 20.6 Å². The molecule has 1 aliphatic rings. The monoisotopic (exact) mass is 410 g/mol. The molecule has 1 aliphatic heterocycles. The van der Waals surface area contributed by atoms with E-state index in [1.165, 1.54) is 19.2 Å². The number of benzene rings is 2. The van der Waals surface area contributed by atoms with Crippen LogP contribution in [0.2, 0.25) is 5.02 Å². The SMILES string of the molecule is COc1ccc(C#Cc2ccc(O)c(N3CC(=O)NS3(=O)=O)c2F)cc1Cl. The van der Waals surface area contributed by atoms with Gasteiger partial charge in [0.05, 0.1) is 17.7 Å². The van der Waals surface area contributed by atoms with Crippen LogP contribution < -0.4 is 13.8 Å². The van der Waals surface area contributed by atoms with Crippen LogP contribution in [0.3, 0.4) is 0 Å². The number of ether oxygens (including phenoxy) is 1. The van der Waals surface area contributed by atoms with Gasteiger partial charge in [-0.15, -0.1) is 0 Å². The molecule has 27 heavy (non-hydrogen) atoms. The summed E-state index contributed by atoms with van der Waals surface area (Å²) in [5.41, 5.74) is -0.335. The van der Waals surface area contributed by atoms with E-state index < -0.39 is 39.9 Å². The fourth-order valence-electron chi connectivity index (χ4n) is 2.42. The van der Waals surface area contributed by atoms with E-state index in [2.05, 4.69) is 11.8 Å². The number of aromatic hydroxyl groups is 1. The van der Waals surface area contributed by atoms with Crippen molar-refractivity contribution in [3.8, 4) is 23.3 Å². The fourth-order valence-corrected chi connectivity index (χ4v) is 3.84. The topological polar surface area (TPSA) is 95.9 Å². The highest BCUT2D eigenvalue weighted by molar-refractivity contribution is 7.92. The van der Waals surface area contributed by atoms with Crippen LogP contribution in [0.15, 0.2) is 30.3 Å². The average Bonchev–Trinajstić information content (AvgIpc) is 2.86. The number of hydrogen-bond donors (Lipinski definition) is 2. The Balaban J connectivity index is 2.03. The van der Waals surface area contributed by atoms with Crippen LogP contribution in [0.4, 0.5) is 10.1 Å². The second kappa shape index (κ2) is 6.98. The summed E-state index contributed by atoms with van der Waals surface area (Å²) in [6.45, 7) is -0.641. The molecule has 7 nitrogen and oxygen atoms in total. The minimum absolute atomic E-state index is 0.163. The first kappa shape index (κ1) is 18.8. The maximum absolute atomic E-state index is 14.8. The first-order chi connectivity index (χ1) is 12.7. The molecule has 1 heterocycles. The van der Waals surface area contributed by atoms with E-state index in [1.807, 2.05) is 0 Å². The molecule has 0 atom stereocenters. The molecule has 0 aromatic heterocycles. The third-order valence-corrected chi connectivity index (χ3v) is 5.33. The Hall–Kier alpha value is -2.96. The molecule has 140 valence electrons. The van der Waals surface area contributed by atoms with Crippen molar-refractivity contribution in [1.29, 1.82) is 0 Å². The van der Waals surface area contributed by atoms with Crippen molar-refractivity contribution in [3.05, 3.63) is 52.3 Å². The first-order valence-electron chi connectivity index (χ1n) is 7.43. The van der Waals surface area contributed by atoms with Gasteiger partial charge >= 0.3 is 10.2 Å². The number of amides is 1. The standard InChI is InChI=1S/C17H12ClFN2O5S/c1-26-14-7-3-10(8-12(14)18)2-4-11-5-6-13(22)17(16(11)19)21-9-15(23)20-27(21,24)25/h3,5-8,22H,9H2,1H3,(H,20,23). The highest BCUT2D eigenvalue weighted by Gasteiger charge is 2.37. The number of anilines is 1. The smallest absolute Gasteiger partial charge is 0.326 e. The summed E-state index contributed by atoms with van der Waals surface area (Å²) in [7, 11) is -2.81. The van der Waals surface area contributed by atoms with Crippen molar-refractivity contribution in [2.45, 2.75) is 0 Å². The molecule has 0 unspecified atom stereocenters. The predicted octanol–water partition coefficient (Wildman–Crippen LogP) is 1.77. The summed E-state index contributed by atoms with van der Waals surface area (Å²) in [5.74, 6) is 3.18. The molecule has 1 fully saturated rings. The van der Waals surface area contributed by atoms with Crippen LogP contribution in [0.1, 0.15) is 11.1 Å². The van der Waals surface area contributed by atoms with Gasteiger partial charge in [-0.25, -0.2) is 13.4 Å². The number of rotatable bonds is 2. The number of nitrogens with one attached hydrogen (secondary N) is 1. The summed E-state index contributed by atoms with van der Waals surface area (Å²) in [5, 5.41) is 10.2. The molecular formula is C17H12ClFN2O5S. The Kier molecular flexibility index (Phi) is 4.87. The lowest BCUT2D eigenvalue weighted by molar-refractivity contribution is -0.117. The Morgan fingerprint density at radius 1 is 1.30 bits per heavy atom. The summed E-state index contributed by atoms with van der Waals surface area (Å²) in [6.07, 6.45) is 0. The van der Waals surface area contributed by atoms with Gasteiger partial charge in [0.1, 0.15) is 23.7 Å². The van der Waals surface area contributed by atoms with E-state index in [4.69, 9.17) is 16.3 Å². The average molecular weight is 411 g/mol. The van der Waals surface area contributed by atoms with E-state index >= 15 is 0 Å². The van der Waals surface area contributed by atoms with Gasteiger partial charge in [-0.3, -0.25) is 4.79 Å². The molecule has 10 heteroatoms. The number of methoxy groups -OCH3 is 1. The van der Waals surface area contributed by atoms with Gasteiger partial charge in [0.2, 0.25) is 0 Å². The van der Waals surface area contributed by atoms with Crippen LogP contribution in [0.25, 0.3) is 0 Å². The lowest BCUT2D eigenvalue weighted by atomic mass is 10.1. The maximum Gasteiger partial charge on any atom is 0.326 e. The zero-order chi connectivity index (χ0) is 19.8. The predicted molar refractivity (Wildman–Crippen MR) is 96.5 cm³/mol. The molecule has 2 aromatic rings. The number of phenols is 1. The second-order valence-corrected chi connectivity index (χ2v) is 7.43. The van der Waals surface area contributed by atoms with Crippen molar-refractivity contribution in [2.75, 3.05) is 18.0 Å². The normalized spacial score (nSPS) is 15.1. The Morgan fingerprint density at radius 2 is 2.04 bits per heavy atom. The maximum atomic E-state index is 14.8. The molecule has 0 radical (unpaired) electrons. The van der Waals surface area contributed by atoms with E-state index in [9.17, 15) is 22.7 Å². The summed E-state index contributed by atoms with van der Waals surface area (Å²) < 4.78 is 45.8. The lowest BCUT2D eigenvalue weighted by Crippen LogP contribution is -2.30. The van der Waals surface area contributed by atoms with Gasteiger partial charge in [0.15, 0.2) is 5.82 Å². The van der Waals surface area contributed by atoms with Gasteiger partial charge in [-0.1, -0.05) is 23.4 Å². The van der Waals surface area contributed by atoms with Crippen molar-refractivity contribution < 1.29 is 27.4 Å². The van der Waals surface area contributed by atoms with Gasteiger partial charge in [0.25, 0.3) is 5.91 Å². The summed E-state index contributed by atoms with van der Waals surface area (Å²) in [6, 6.07) is 7.04. The fraction of sp³-hybridized carbons (Fsp3) is 0.118. The zero-order valence-corrected chi connectivity index (χ0v) is 15.4. The van der Waals surface area contributed by atoms with Gasteiger partial charge in [-0.05, 0) is 30.3 Å². The summed E-state index contributed by atoms with van der Waals surface area (Å²) in [4.78, 5) is 11.4. The van der Waals surface area contributed by atoms with Crippen LogP contribution in [0.5, 0.6) is 11.5 Å². The largest absolute Gasteiger partial charge is 0.506 e. The van der Waals surface area contributed by atoms with E-state index in [-0.39, 0.29) is 5.56 Å². The van der Waals surface area contributed by atoms with Crippen LogP contribution in [-0.2, 0) is 15.0 Å². The highest BCUT2D eigenvalue weighted by Crippen LogP contribution is 2.35. The summed E-state index contributed by atoms with van der Waals surface area (Å²) >= 11 is 6.01. The molecule has 0 saturated carbocycles. The second-order valence-electron chi connectivity index (χ2n) is 5.43. The van der Waals surface area contributed by atoms with Crippen molar-refractivity contribution >= 4 is 33.4 Å². The van der Waals surface area contributed by atoms with Crippen LogP contribution in [0, 0.1) is 17.7 Å². The molecule has 2 aromatic carbocycles. The van der Waals surface area contributed by atoms with Crippen molar-refractivity contribution in [2.24, 2.45) is 0 Å². The number of phenolic OH excluding ortho intramolecular Hbond substituents is 1. The van der Waals surface area contributed by atoms with Crippen LogP contribution >= 0.6 is 11.6 Å². The Bertz CT molecular complexity index is 1110. The first-order valence-corrected chi connectivity index (χ1v) is 9.25. The Morgan fingerprint density at radius 3 is 2.63 bits per heavy atom. The van der Waals surface area contributed by atoms with E-state index in [1.54, 1.807) is 16.9 Å². The molecule has 3 rings (SSSR count). The van der Waals surface area contributed by atoms with Crippen molar-refractivity contribution in [1.82, 2.24) is 4.72 Å². The molecule has 0 spiro atoms. The van der Waals surface area contributed by atoms with Gasteiger partial charge in [0, 0.05) is 5.56 Å². The molecular weight excluding hydrogens is 399 g/mol. The minimum atomic E-state index is -4.28. The third kappa shape index (κ3) is 3.63. The molecule has 1 saturated heterocycles. The molecule has 2 N–H and O–H groups in total. The number of carbonyl (C=O) groups excluding carboxylic acids is 1. The molecule has 0 aliphatic carbocycles.